The van der Waals surface area contributed by atoms with Gasteiger partial charge in [-0.2, -0.15) is 0 Å². The lowest BCUT2D eigenvalue weighted by atomic mass is 10.3. The molecule has 130 valence electrons. The molecule has 6 nitrogen and oxygen atoms in total. The summed E-state index contributed by atoms with van der Waals surface area (Å²) in [4.78, 5) is 4.12. The fourth-order valence-electron chi connectivity index (χ4n) is 2.04. The summed E-state index contributed by atoms with van der Waals surface area (Å²) in [5, 5.41) is 5.33. The lowest BCUT2D eigenvalue weighted by Gasteiger charge is -2.10. The summed E-state index contributed by atoms with van der Waals surface area (Å²) in [6.45, 7) is 0. The van der Waals surface area contributed by atoms with Crippen LogP contribution < -0.4 is 14.8 Å². The highest BCUT2D eigenvalue weighted by molar-refractivity contribution is 7.94. The highest BCUT2D eigenvalue weighted by Crippen LogP contribution is 2.29. The molecule has 0 aliphatic heterocycles. The molecule has 0 radical (unpaired) electrons. The van der Waals surface area contributed by atoms with E-state index >= 15 is 0 Å². The molecule has 2 heterocycles. The fraction of sp³-hybridized carbons (Fsp3) is 0.0625. The molecule has 1 aromatic carbocycles. The molecule has 3 rings (SSSR count). The Hall–Kier alpha value is -2.29. The van der Waals surface area contributed by atoms with Gasteiger partial charge in [0.1, 0.15) is 15.8 Å². The van der Waals surface area contributed by atoms with Crippen LogP contribution in [0.1, 0.15) is 0 Å². The molecule has 2 N–H and O–H groups in total. The zero-order valence-electron chi connectivity index (χ0n) is 13.1. The summed E-state index contributed by atoms with van der Waals surface area (Å²) < 4.78 is 32.1. The Morgan fingerprint density at radius 2 is 1.96 bits per heavy atom. The van der Waals surface area contributed by atoms with Crippen molar-refractivity contribution >= 4 is 50.2 Å². The number of aromatic nitrogens is 1. The summed E-state index contributed by atoms with van der Waals surface area (Å²) in [5.74, 6) is 0.829. The third-order valence-electron chi connectivity index (χ3n) is 3.20. The van der Waals surface area contributed by atoms with Crippen molar-refractivity contribution in [3.8, 4) is 5.75 Å². The van der Waals surface area contributed by atoms with Crippen molar-refractivity contribution in [3.63, 3.8) is 0 Å². The Balaban J connectivity index is 1.71. The second-order valence-electron chi connectivity index (χ2n) is 4.94. The fourth-order valence-corrected chi connectivity index (χ4v) is 4.30. The molecule has 0 amide bonds. The number of hydrogen-bond donors (Lipinski definition) is 2. The van der Waals surface area contributed by atoms with Crippen LogP contribution in [0.5, 0.6) is 5.75 Å². The number of nitrogens with zero attached hydrogens (tertiary/aromatic N) is 1. The number of pyridine rings is 1. The van der Waals surface area contributed by atoms with Crippen LogP contribution in [0.2, 0.25) is 5.02 Å². The van der Waals surface area contributed by atoms with E-state index in [4.69, 9.17) is 16.3 Å². The highest BCUT2D eigenvalue weighted by atomic mass is 35.5. The minimum Gasteiger partial charge on any atom is -0.495 e. The number of thiophene rings is 1. The third kappa shape index (κ3) is 4.22. The monoisotopic (exact) mass is 395 g/mol. The van der Waals surface area contributed by atoms with Crippen LogP contribution in [0.3, 0.4) is 0 Å². The van der Waals surface area contributed by atoms with Crippen molar-refractivity contribution in [1.29, 1.82) is 0 Å². The SMILES string of the molecule is COc1ccc(Nc2ccc(NS(=O)(=O)c3cccs3)nc2)cc1Cl. The molecule has 0 aliphatic carbocycles. The van der Waals surface area contributed by atoms with Gasteiger partial charge in [0.2, 0.25) is 0 Å². The molecule has 0 spiro atoms. The maximum Gasteiger partial charge on any atom is 0.272 e. The molecule has 0 saturated heterocycles. The van der Waals surface area contributed by atoms with Gasteiger partial charge in [-0.05, 0) is 41.8 Å². The van der Waals surface area contributed by atoms with E-state index < -0.39 is 10.0 Å². The molecule has 0 fully saturated rings. The molecule has 0 aliphatic rings. The molecule has 3 aromatic rings. The topological polar surface area (TPSA) is 80.3 Å². The smallest absolute Gasteiger partial charge is 0.272 e. The van der Waals surface area contributed by atoms with Gasteiger partial charge in [-0.15, -0.1) is 11.3 Å². The van der Waals surface area contributed by atoms with Gasteiger partial charge in [0, 0.05) is 5.69 Å². The standard InChI is InChI=1S/C16H14ClN3O3S2/c1-23-14-6-4-11(9-13(14)17)19-12-5-7-15(18-10-12)20-25(21,22)16-3-2-8-24-16/h2-10,19H,1H3,(H,18,20). The van der Waals surface area contributed by atoms with Gasteiger partial charge in [-0.25, -0.2) is 13.4 Å². The number of methoxy groups -OCH3 is 1. The number of anilines is 3. The molecule has 0 bridgehead atoms. The average molecular weight is 396 g/mol. The van der Waals surface area contributed by atoms with E-state index in [9.17, 15) is 8.42 Å². The second-order valence-corrected chi connectivity index (χ2v) is 8.21. The number of ether oxygens (including phenoxy) is 1. The van der Waals surface area contributed by atoms with Crippen molar-refractivity contribution in [3.05, 3.63) is 59.1 Å². The first kappa shape index (κ1) is 17.5. The van der Waals surface area contributed by atoms with Crippen molar-refractivity contribution in [2.75, 3.05) is 17.1 Å². The van der Waals surface area contributed by atoms with Gasteiger partial charge in [0.05, 0.1) is 24.0 Å². The van der Waals surface area contributed by atoms with E-state index in [1.54, 1.807) is 42.8 Å². The molecule has 2 aromatic heterocycles. The summed E-state index contributed by atoms with van der Waals surface area (Å²) in [6, 6.07) is 11.8. The number of nitrogens with one attached hydrogen (secondary N) is 2. The van der Waals surface area contributed by atoms with Crippen LogP contribution in [0.4, 0.5) is 17.2 Å². The summed E-state index contributed by atoms with van der Waals surface area (Å²) in [5.41, 5.74) is 1.46. The maximum absolute atomic E-state index is 12.2. The molecule has 25 heavy (non-hydrogen) atoms. The van der Waals surface area contributed by atoms with Crippen molar-refractivity contribution < 1.29 is 13.2 Å². The summed E-state index contributed by atoms with van der Waals surface area (Å²) in [7, 11) is -2.05. The first-order chi connectivity index (χ1) is 12.0. The van der Waals surface area contributed by atoms with Crippen LogP contribution in [-0.2, 0) is 10.0 Å². The number of sulfonamides is 1. The largest absolute Gasteiger partial charge is 0.495 e. The van der Waals surface area contributed by atoms with Gasteiger partial charge in [0.15, 0.2) is 0 Å². The van der Waals surface area contributed by atoms with Crippen molar-refractivity contribution in [1.82, 2.24) is 4.98 Å². The molecule has 9 heteroatoms. The van der Waals surface area contributed by atoms with Crippen LogP contribution in [0, 0.1) is 0 Å². The molecule has 0 unspecified atom stereocenters. The Labute approximate surface area is 154 Å². The van der Waals surface area contributed by atoms with Gasteiger partial charge in [0.25, 0.3) is 10.0 Å². The van der Waals surface area contributed by atoms with E-state index in [0.29, 0.717) is 16.5 Å². The van der Waals surface area contributed by atoms with E-state index in [0.717, 1.165) is 17.0 Å². The highest BCUT2D eigenvalue weighted by Gasteiger charge is 2.15. The Bertz CT molecular complexity index is 959. The Morgan fingerprint density at radius 1 is 1.16 bits per heavy atom. The van der Waals surface area contributed by atoms with Crippen LogP contribution in [0.15, 0.2) is 58.3 Å². The number of halogens is 1. The second kappa shape index (κ2) is 7.30. The van der Waals surface area contributed by atoms with Crippen LogP contribution in [-0.4, -0.2) is 20.5 Å². The number of hydrogen-bond acceptors (Lipinski definition) is 6. The normalized spacial score (nSPS) is 11.1. The molecular weight excluding hydrogens is 382 g/mol. The Morgan fingerprint density at radius 3 is 2.56 bits per heavy atom. The van der Waals surface area contributed by atoms with Crippen LogP contribution >= 0.6 is 22.9 Å². The van der Waals surface area contributed by atoms with E-state index in [1.165, 1.54) is 12.3 Å². The van der Waals surface area contributed by atoms with Crippen molar-refractivity contribution in [2.24, 2.45) is 0 Å². The maximum atomic E-state index is 12.2. The first-order valence-electron chi connectivity index (χ1n) is 7.11. The van der Waals surface area contributed by atoms with Gasteiger partial charge in [-0.3, -0.25) is 4.72 Å². The van der Waals surface area contributed by atoms with Crippen LogP contribution in [0.25, 0.3) is 0 Å². The lowest BCUT2D eigenvalue weighted by Crippen LogP contribution is -2.12. The van der Waals surface area contributed by atoms with Gasteiger partial charge >= 0.3 is 0 Å². The van der Waals surface area contributed by atoms with E-state index in [2.05, 4.69) is 15.0 Å². The van der Waals surface area contributed by atoms with Gasteiger partial charge < -0.3 is 10.1 Å². The Kier molecular flexibility index (Phi) is 5.12. The minimum atomic E-state index is -3.60. The average Bonchev–Trinajstić information content (AvgIpc) is 3.12. The number of rotatable bonds is 6. The number of benzene rings is 1. The summed E-state index contributed by atoms with van der Waals surface area (Å²) >= 11 is 7.23. The predicted molar refractivity (Wildman–Crippen MR) is 101 cm³/mol. The molecule has 0 saturated carbocycles. The van der Waals surface area contributed by atoms with E-state index in [1.807, 2.05) is 6.07 Å². The van der Waals surface area contributed by atoms with Gasteiger partial charge in [-0.1, -0.05) is 17.7 Å². The third-order valence-corrected chi connectivity index (χ3v) is 6.25. The molecular formula is C16H14ClN3O3S2. The van der Waals surface area contributed by atoms with E-state index in [-0.39, 0.29) is 10.0 Å². The zero-order chi connectivity index (χ0) is 17.9. The van der Waals surface area contributed by atoms with Crippen molar-refractivity contribution in [2.45, 2.75) is 4.21 Å². The summed E-state index contributed by atoms with van der Waals surface area (Å²) in [6.07, 6.45) is 1.53. The zero-order valence-corrected chi connectivity index (χ0v) is 15.5. The minimum absolute atomic E-state index is 0.240. The first-order valence-corrected chi connectivity index (χ1v) is 9.85. The predicted octanol–water partition coefficient (Wildman–Crippen LogP) is 4.35. The quantitative estimate of drug-likeness (QED) is 0.648. The molecule has 0 atom stereocenters. The lowest BCUT2D eigenvalue weighted by molar-refractivity contribution is 0.415.